The van der Waals surface area contributed by atoms with E-state index in [-0.39, 0.29) is 36.7 Å². The number of aliphatic hydroxyl groups excluding tert-OH is 1. The number of nitrogens with zero attached hydrogens (tertiary/aromatic N) is 6. The van der Waals surface area contributed by atoms with Crippen molar-refractivity contribution in [3.05, 3.63) is 195 Å². The Balaban J connectivity index is 1.18. The molecule has 6 aromatic carbocycles. The summed E-state index contributed by atoms with van der Waals surface area (Å²) in [6.45, 7) is -0.550. The largest absolute Gasteiger partial charge is 0.491 e. The number of rotatable bonds is 11. The van der Waals surface area contributed by atoms with Crippen molar-refractivity contribution in [2.75, 3.05) is 18.1 Å². The molecule has 0 unspecified atom stereocenters. The molecule has 2 N–H and O–H groups in total. The second kappa shape index (κ2) is 18.2. The molecule has 17 heteroatoms. The molecule has 7 aromatic rings. The van der Waals surface area contributed by atoms with Crippen LogP contribution in [0.2, 0.25) is 0 Å². The summed E-state index contributed by atoms with van der Waals surface area (Å²) in [6.07, 6.45) is -2.15. The molecule has 69 heavy (non-hydrogen) atoms. The van der Waals surface area contributed by atoms with Gasteiger partial charge in [0, 0.05) is 17.7 Å². The van der Waals surface area contributed by atoms with Gasteiger partial charge in [0.2, 0.25) is 5.91 Å². The minimum atomic E-state index is -2.26. The number of aliphatic hydroxyl groups is 1. The van der Waals surface area contributed by atoms with Crippen LogP contribution in [0.1, 0.15) is 51.6 Å². The van der Waals surface area contributed by atoms with E-state index in [4.69, 9.17) is 14.2 Å². The van der Waals surface area contributed by atoms with E-state index in [2.05, 4.69) is 22.2 Å². The number of para-hydroxylation sites is 1. The topological polar surface area (TPSA) is 217 Å². The van der Waals surface area contributed by atoms with Crippen LogP contribution in [0.4, 0.5) is 16.2 Å². The molecular formula is C52H40N6O11. The zero-order valence-electron chi connectivity index (χ0n) is 36.4. The lowest BCUT2D eigenvalue weighted by Crippen LogP contribution is -2.53. The normalized spacial score (nSPS) is 21.5. The summed E-state index contributed by atoms with van der Waals surface area (Å²) < 4.78 is 19.5. The van der Waals surface area contributed by atoms with Gasteiger partial charge in [-0.1, -0.05) is 102 Å². The van der Waals surface area contributed by atoms with Gasteiger partial charge in [-0.05, 0) is 82.4 Å². The summed E-state index contributed by atoms with van der Waals surface area (Å²) in [6, 6.07) is 38.4. The summed E-state index contributed by atoms with van der Waals surface area (Å²) in [5.41, 5.74) is 1.50. The number of carboxylic acids is 1. The molecule has 2 saturated heterocycles. The van der Waals surface area contributed by atoms with Crippen LogP contribution in [0.25, 0.3) is 11.0 Å². The van der Waals surface area contributed by atoms with Crippen molar-refractivity contribution >= 4 is 46.3 Å². The first-order valence-electron chi connectivity index (χ1n) is 21.9. The smallest absolute Gasteiger partial charge is 0.421 e. The summed E-state index contributed by atoms with van der Waals surface area (Å²) in [5, 5.41) is 41.0. The van der Waals surface area contributed by atoms with Crippen LogP contribution in [0.15, 0.2) is 152 Å². The maximum Gasteiger partial charge on any atom is 0.421 e. The van der Waals surface area contributed by atoms with Gasteiger partial charge in [-0.25, -0.2) is 14.4 Å². The third-order valence-corrected chi connectivity index (χ3v) is 12.9. The number of non-ortho nitro benzene ring substituents is 1. The Morgan fingerprint density at radius 2 is 1.52 bits per heavy atom. The molecule has 3 aliphatic heterocycles. The highest BCUT2D eigenvalue weighted by Gasteiger charge is 2.76. The van der Waals surface area contributed by atoms with Crippen molar-refractivity contribution in [2.24, 2.45) is 5.92 Å². The van der Waals surface area contributed by atoms with Crippen LogP contribution in [0.5, 0.6) is 5.75 Å². The van der Waals surface area contributed by atoms with Gasteiger partial charge >= 0.3 is 18.0 Å². The van der Waals surface area contributed by atoms with E-state index in [0.717, 1.165) is 10.4 Å². The van der Waals surface area contributed by atoms with Gasteiger partial charge in [0.25, 0.3) is 5.69 Å². The number of carbonyl (C=O) groups is 4. The highest BCUT2D eigenvalue weighted by atomic mass is 16.6. The number of nitro benzene ring substituents is 1. The van der Waals surface area contributed by atoms with Crippen LogP contribution >= 0.6 is 0 Å². The SMILES string of the molecule is O=C1O[C@H](c2ccccc2)[C@H](c2ccccc2)N2[C@H]1[C@@H](C(=O)O)[C@]1(C(=O)N(C(=O)OCc3ccc([N+](=O)[O-])cc3)c3ccc(C#CCn4nnc5ccccc54)cc31)[C@H]2c1ccc(OCCO)cc1. The fraction of sp³-hybridized carbons (Fsp3) is 0.192. The second-order valence-corrected chi connectivity index (χ2v) is 16.6. The van der Waals surface area contributed by atoms with Gasteiger partial charge in [-0.2, -0.15) is 0 Å². The van der Waals surface area contributed by atoms with Crippen molar-refractivity contribution in [2.45, 2.75) is 42.8 Å². The summed E-state index contributed by atoms with van der Waals surface area (Å²) in [4.78, 5) is 73.4. The number of cyclic esters (lactones) is 1. The lowest BCUT2D eigenvalue weighted by Gasteiger charge is -2.46. The third-order valence-electron chi connectivity index (χ3n) is 12.9. The number of carbonyl (C=O) groups excluding carboxylic acids is 3. The quantitative estimate of drug-likeness (QED) is 0.0587. The first-order chi connectivity index (χ1) is 33.6. The van der Waals surface area contributed by atoms with Crippen molar-refractivity contribution in [1.29, 1.82) is 0 Å². The van der Waals surface area contributed by atoms with Crippen LogP contribution in [0, 0.1) is 27.9 Å². The molecule has 3 aliphatic rings. The number of ether oxygens (including phenoxy) is 3. The van der Waals surface area contributed by atoms with E-state index < -0.39 is 71.0 Å². The summed E-state index contributed by atoms with van der Waals surface area (Å²) in [5.74, 6) is 1.37. The number of nitro groups is 1. The molecule has 0 aliphatic carbocycles. The minimum Gasteiger partial charge on any atom is -0.491 e. The maximum atomic E-state index is 16.1. The van der Waals surface area contributed by atoms with E-state index in [1.54, 1.807) is 58.1 Å². The molecule has 17 nitrogen and oxygen atoms in total. The van der Waals surface area contributed by atoms with Gasteiger partial charge in [0.15, 0.2) is 0 Å². The molecule has 4 heterocycles. The number of hydrogen-bond acceptors (Lipinski definition) is 13. The monoisotopic (exact) mass is 924 g/mol. The van der Waals surface area contributed by atoms with Gasteiger partial charge in [0.1, 0.15) is 54.5 Å². The highest BCUT2D eigenvalue weighted by molar-refractivity contribution is 6.23. The Bertz CT molecular complexity index is 3190. The predicted molar refractivity (Wildman–Crippen MR) is 246 cm³/mol. The zero-order chi connectivity index (χ0) is 47.8. The number of fused-ring (bicyclic) bond motifs is 4. The number of carboxylic acid groups (broad SMARTS) is 1. The number of aliphatic carboxylic acids is 1. The fourth-order valence-electron chi connectivity index (χ4n) is 10.0. The molecule has 1 spiro atoms. The Hall–Kier alpha value is -8.72. The Kier molecular flexibility index (Phi) is 11.6. The number of morpholine rings is 1. The maximum absolute atomic E-state index is 16.1. The number of anilines is 1. The van der Waals surface area contributed by atoms with Gasteiger partial charge < -0.3 is 24.4 Å². The van der Waals surface area contributed by atoms with E-state index in [9.17, 15) is 34.7 Å². The number of benzene rings is 6. The van der Waals surface area contributed by atoms with Gasteiger partial charge in [0.05, 0.1) is 34.8 Å². The molecule has 2 fully saturated rings. The van der Waals surface area contributed by atoms with Gasteiger partial charge in [-0.3, -0.25) is 29.4 Å². The summed E-state index contributed by atoms with van der Waals surface area (Å²) >= 11 is 0. The Morgan fingerprint density at radius 1 is 0.826 bits per heavy atom. The standard InChI is InChI=1S/C52H40N6O11/c59-28-29-67-38-24-20-36(21-25-38)47-52(43(48(60)61)45-49(62)69-46(35-13-5-2-6-14-35)44(57(45)47)34-11-3-1-4-12-34)39-30-32(10-9-27-55-42-16-8-7-15-40(42)53-54-55)19-26-41(39)56(50(52)63)51(64)68-31-33-17-22-37(23-18-33)58(65)66/h1-8,11-26,30,43-47,59H,27-29,31H2,(H,60,61)/t43-,44-,45-,46+,47+,52-/m0/s1. The number of aromatic nitrogens is 3. The summed E-state index contributed by atoms with van der Waals surface area (Å²) in [7, 11) is 0. The molecule has 0 saturated carbocycles. The average Bonchev–Trinajstić information content (AvgIpc) is 4.02. The lowest BCUT2D eigenvalue weighted by atomic mass is 9.65. The molecule has 1 aromatic heterocycles. The van der Waals surface area contributed by atoms with E-state index in [1.807, 2.05) is 72.8 Å². The van der Waals surface area contributed by atoms with Crippen LogP contribution in [0.3, 0.4) is 0 Å². The molecule has 10 rings (SSSR count). The number of amides is 2. The molecule has 0 bridgehead atoms. The van der Waals surface area contributed by atoms with Crippen LogP contribution in [-0.4, -0.2) is 78.2 Å². The number of imide groups is 1. The molecule has 0 radical (unpaired) electrons. The first-order valence-corrected chi connectivity index (χ1v) is 21.9. The lowest BCUT2D eigenvalue weighted by molar-refractivity contribution is -0.384. The Morgan fingerprint density at radius 3 is 2.22 bits per heavy atom. The van der Waals surface area contributed by atoms with Gasteiger partial charge in [-0.15, -0.1) is 5.10 Å². The van der Waals surface area contributed by atoms with E-state index in [0.29, 0.717) is 39.1 Å². The Labute approximate surface area is 393 Å². The van der Waals surface area contributed by atoms with E-state index >= 15 is 4.79 Å². The van der Waals surface area contributed by atoms with Crippen LogP contribution in [-0.2, 0) is 42.4 Å². The number of hydrogen-bond donors (Lipinski definition) is 2. The first kappa shape index (κ1) is 44.1. The average molecular weight is 925 g/mol. The molecule has 2 amide bonds. The predicted octanol–water partition coefficient (Wildman–Crippen LogP) is 6.85. The van der Waals surface area contributed by atoms with Crippen molar-refractivity contribution in [1.82, 2.24) is 19.9 Å². The molecule has 6 atom stereocenters. The van der Waals surface area contributed by atoms with E-state index in [1.165, 1.54) is 30.3 Å². The zero-order valence-corrected chi connectivity index (χ0v) is 36.4. The molecular weight excluding hydrogens is 885 g/mol. The van der Waals surface area contributed by atoms with Crippen molar-refractivity contribution in [3.63, 3.8) is 0 Å². The van der Waals surface area contributed by atoms with Crippen LogP contribution < -0.4 is 9.64 Å². The third kappa shape index (κ3) is 7.67. The number of esters is 1. The molecule has 344 valence electrons. The highest BCUT2D eigenvalue weighted by Crippen LogP contribution is 2.66. The second-order valence-electron chi connectivity index (χ2n) is 16.6. The van der Waals surface area contributed by atoms with Crippen molar-refractivity contribution < 1.29 is 48.5 Å². The van der Waals surface area contributed by atoms with Crippen molar-refractivity contribution in [3.8, 4) is 17.6 Å². The fourth-order valence-corrected chi connectivity index (χ4v) is 10.0. The minimum absolute atomic E-state index is 0.00440.